The molecule has 0 aliphatic rings. The summed E-state index contributed by atoms with van der Waals surface area (Å²) < 4.78 is -2.30. The molecular formula is C22H16Cl5NOP+. The molecule has 0 aliphatic heterocycles. The van der Waals surface area contributed by atoms with Crippen LogP contribution in [0, 0.1) is 0 Å². The second kappa shape index (κ2) is 9.92. The highest BCUT2D eigenvalue weighted by Gasteiger charge is 2.53. The van der Waals surface area contributed by atoms with E-state index in [1.54, 1.807) is 0 Å². The molecule has 0 fully saturated rings. The third-order valence-corrected chi connectivity index (χ3v) is 9.82. The second-order valence-electron chi connectivity index (χ2n) is 6.24. The van der Waals surface area contributed by atoms with Crippen LogP contribution in [0.25, 0.3) is 0 Å². The average Bonchev–Trinajstić information content (AvgIpc) is 2.75. The summed E-state index contributed by atoms with van der Waals surface area (Å²) in [5, 5.41) is 5.52. The lowest BCUT2D eigenvalue weighted by Gasteiger charge is -2.30. The van der Waals surface area contributed by atoms with Crippen LogP contribution in [0.15, 0.2) is 101 Å². The van der Waals surface area contributed by atoms with E-state index < -0.39 is 17.0 Å². The Labute approximate surface area is 201 Å². The van der Waals surface area contributed by atoms with Crippen molar-refractivity contribution in [3.05, 3.63) is 101 Å². The lowest BCUT2D eigenvalue weighted by atomic mass is 10.4. The van der Waals surface area contributed by atoms with Crippen LogP contribution in [-0.2, 0) is 4.79 Å². The molecule has 30 heavy (non-hydrogen) atoms. The molecule has 1 amide bonds. The summed E-state index contributed by atoms with van der Waals surface area (Å²) in [7, 11) is -2.74. The summed E-state index contributed by atoms with van der Waals surface area (Å²) in [5.41, 5.74) is 0.297. The first-order chi connectivity index (χ1) is 14.3. The monoisotopic (exact) mass is 516 g/mol. The van der Waals surface area contributed by atoms with Crippen LogP contribution in [0.1, 0.15) is 0 Å². The van der Waals surface area contributed by atoms with E-state index in [1.807, 2.05) is 91.0 Å². The maximum Gasteiger partial charge on any atom is 0.279 e. The predicted octanol–water partition coefficient (Wildman–Crippen LogP) is 6.07. The minimum Gasteiger partial charge on any atom is -0.290 e. The van der Waals surface area contributed by atoms with Crippen molar-refractivity contribution >= 4 is 87.1 Å². The first kappa shape index (κ1) is 23.4. The zero-order chi connectivity index (χ0) is 21.8. The molecule has 3 rings (SSSR count). The van der Waals surface area contributed by atoms with E-state index in [0.29, 0.717) is 5.44 Å². The number of carbonyl (C=O) groups excluding carboxylic acids is 1. The number of benzene rings is 3. The molecule has 0 saturated carbocycles. The van der Waals surface area contributed by atoms with Gasteiger partial charge >= 0.3 is 0 Å². The highest BCUT2D eigenvalue weighted by molar-refractivity contribution is 7.99. The van der Waals surface area contributed by atoms with Crippen molar-refractivity contribution < 1.29 is 4.79 Å². The van der Waals surface area contributed by atoms with Crippen molar-refractivity contribution in [2.45, 2.75) is 3.79 Å². The number of alkyl halides is 3. The van der Waals surface area contributed by atoms with Gasteiger partial charge in [-0.25, -0.2) is 0 Å². The lowest BCUT2D eigenvalue weighted by Crippen LogP contribution is -2.41. The molecule has 0 spiro atoms. The van der Waals surface area contributed by atoms with Crippen molar-refractivity contribution in [1.29, 1.82) is 0 Å². The van der Waals surface area contributed by atoms with Crippen molar-refractivity contribution in [3.63, 3.8) is 0 Å². The van der Waals surface area contributed by atoms with E-state index in [9.17, 15) is 4.79 Å². The maximum absolute atomic E-state index is 12.7. The molecule has 1 N–H and O–H groups in total. The Bertz CT molecular complexity index is 937. The summed E-state index contributed by atoms with van der Waals surface area (Å²) in [6.07, 6.45) is 0. The quantitative estimate of drug-likeness (QED) is 0.322. The third-order valence-electron chi connectivity index (χ3n) is 4.43. The zero-order valence-corrected chi connectivity index (χ0v) is 20.1. The fraction of sp³-hybridized carbons (Fsp3) is 0.0455. The van der Waals surface area contributed by atoms with Gasteiger partial charge in [-0.05, 0) is 36.4 Å². The molecule has 0 heterocycles. The van der Waals surface area contributed by atoms with Gasteiger partial charge in [0.05, 0.1) is 0 Å². The van der Waals surface area contributed by atoms with Crippen LogP contribution in [0.5, 0.6) is 0 Å². The molecule has 0 aromatic heterocycles. The summed E-state index contributed by atoms with van der Waals surface area (Å²) >= 11 is 30.3. The molecule has 8 heteroatoms. The average molecular weight is 519 g/mol. The summed E-state index contributed by atoms with van der Waals surface area (Å²) in [6, 6.07) is 29.2. The third kappa shape index (κ3) is 4.81. The molecule has 0 saturated heterocycles. The number of carbonyl (C=O) groups is 1. The van der Waals surface area contributed by atoms with Crippen molar-refractivity contribution in [1.82, 2.24) is 5.32 Å². The van der Waals surface area contributed by atoms with E-state index in [-0.39, 0.29) is 4.49 Å². The van der Waals surface area contributed by atoms with Crippen LogP contribution < -0.4 is 21.2 Å². The lowest BCUT2D eigenvalue weighted by molar-refractivity contribution is -0.119. The molecular weight excluding hydrogens is 502 g/mol. The largest absolute Gasteiger partial charge is 0.290 e. The predicted molar refractivity (Wildman–Crippen MR) is 132 cm³/mol. The number of amides is 1. The summed E-state index contributed by atoms with van der Waals surface area (Å²) in [4.78, 5) is 12.7. The molecule has 0 radical (unpaired) electrons. The zero-order valence-electron chi connectivity index (χ0n) is 15.4. The van der Waals surface area contributed by atoms with Gasteiger partial charge in [0.1, 0.15) is 15.9 Å². The Morgan fingerprint density at radius 2 is 1.00 bits per heavy atom. The van der Waals surface area contributed by atoms with E-state index in [2.05, 4.69) is 5.32 Å². The minimum atomic E-state index is -2.74. The van der Waals surface area contributed by atoms with E-state index in [1.165, 1.54) is 0 Å². The van der Waals surface area contributed by atoms with Crippen molar-refractivity contribution in [3.8, 4) is 0 Å². The number of nitrogens with one attached hydrogen (secondary N) is 1. The van der Waals surface area contributed by atoms with Gasteiger partial charge in [-0.2, -0.15) is 0 Å². The van der Waals surface area contributed by atoms with Crippen LogP contribution >= 0.6 is 65.3 Å². The van der Waals surface area contributed by atoms with Crippen molar-refractivity contribution in [2.75, 3.05) is 0 Å². The minimum absolute atomic E-state index is 0.109. The van der Waals surface area contributed by atoms with Gasteiger partial charge in [0.25, 0.3) is 9.70 Å². The number of rotatable bonds is 5. The second-order valence-corrected chi connectivity index (χ2v) is 12.8. The standard InChI is InChI=1S/C22H15Cl5NOP/c23-19(24)20(28-21(29)22(25,26)27)30(16-10-4-1-5-11-16,17-12-6-2-7-13-17)18-14-8-3-9-15-18/h1-15H/p+1. The molecule has 154 valence electrons. The van der Waals surface area contributed by atoms with Crippen LogP contribution in [-0.4, -0.2) is 9.70 Å². The highest BCUT2D eigenvalue weighted by Crippen LogP contribution is 2.63. The Kier molecular flexibility index (Phi) is 7.74. The van der Waals surface area contributed by atoms with Gasteiger partial charge in [0.2, 0.25) is 5.44 Å². The first-order valence-electron chi connectivity index (χ1n) is 8.78. The highest BCUT2D eigenvalue weighted by atomic mass is 35.6. The van der Waals surface area contributed by atoms with E-state index >= 15 is 0 Å². The topological polar surface area (TPSA) is 29.1 Å². The van der Waals surface area contributed by atoms with Crippen LogP contribution in [0.3, 0.4) is 0 Å². The smallest absolute Gasteiger partial charge is 0.279 e. The van der Waals surface area contributed by atoms with Gasteiger partial charge in [-0.15, -0.1) is 0 Å². The summed E-state index contributed by atoms with van der Waals surface area (Å²) in [5.74, 6) is -0.839. The molecule has 0 aliphatic carbocycles. The number of halogens is 5. The fourth-order valence-electron chi connectivity index (χ4n) is 3.23. The molecule has 2 nitrogen and oxygen atoms in total. The first-order valence-corrected chi connectivity index (χ1v) is 12.5. The summed E-state index contributed by atoms with van der Waals surface area (Å²) in [6.45, 7) is 0. The normalized spacial score (nSPS) is 11.6. The van der Waals surface area contributed by atoms with Gasteiger partial charge < -0.3 is 0 Å². The van der Waals surface area contributed by atoms with Gasteiger partial charge in [-0.3, -0.25) is 10.1 Å². The SMILES string of the molecule is O=C(NC(=C(Cl)Cl)[P+](c1ccccc1)(c1ccccc1)c1ccccc1)C(Cl)(Cl)Cl. The molecule has 3 aromatic carbocycles. The molecule has 0 unspecified atom stereocenters. The number of hydrogen-bond donors (Lipinski definition) is 1. The van der Waals surface area contributed by atoms with Gasteiger partial charge in [-0.1, -0.05) is 113 Å². The van der Waals surface area contributed by atoms with Gasteiger partial charge in [0.15, 0.2) is 11.8 Å². The Morgan fingerprint density at radius 1 is 0.667 bits per heavy atom. The number of hydrogen-bond acceptors (Lipinski definition) is 1. The van der Waals surface area contributed by atoms with Crippen LogP contribution in [0.4, 0.5) is 0 Å². The van der Waals surface area contributed by atoms with E-state index in [0.717, 1.165) is 15.9 Å². The van der Waals surface area contributed by atoms with Crippen molar-refractivity contribution in [2.24, 2.45) is 0 Å². The maximum atomic E-state index is 12.7. The Hall–Kier alpha value is -1.25. The molecule has 3 aromatic rings. The molecule has 0 bridgehead atoms. The van der Waals surface area contributed by atoms with Gasteiger partial charge in [0, 0.05) is 0 Å². The van der Waals surface area contributed by atoms with Crippen LogP contribution in [0.2, 0.25) is 0 Å². The van der Waals surface area contributed by atoms with E-state index in [4.69, 9.17) is 58.0 Å². The Balaban J connectivity index is 2.41. The fourth-order valence-corrected chi connectivity index (χ4v) is 8.27. The molecule has 0 atom stereocenters. The Morgan fingerprint density at radius 3 is 1.27 bits per heavy atom.